The van der Waals surface area contributed by atoms with Crippen LogP contribution in [0.15, 0.2) is 0 Å². The standard InChI is InChI=1S/C14H28N2O/c1-4-16(5-2)14(17)12(3)15-13-10-8-6-7-9-11-13/h12-13,15H,4-11H2,1-3H3. The number of amides is 1. The first-order chi connectivity index (χ1) is 8.19. The number of hydrogen-bond acceptors (Lipinski definition) is 2. The van der Waals surface area contributed by atoms with Crippen molar-refractivity contribution in [3.8, 4) is 0 Å². The molecule has 0 bridgehead atoms. The van der Waals surface area contributed by atoms with Gasteiger partial charge in [0.2, 0.25) is 5.91 Å². The van der Waals surface area contributed by atoms with Gasteiger partial charge in [-0.05, 0) is 33.6 Å². The van der Waals surface area contributed by atoms with Crippen molar-refractivity contribution in [1.82, 2.24) is 10.2 Å². The molecule has 1 aliphatic carbocycles. The maximum Gasteiger partial charge on any atom is 0.239 e. The van der Waals surface area contributed by atoms with Crippen LogP contribution in [0.1, 0.15) is 59.3 Å². The van der Waals surface area contributed by atoms with E-state index in [1.807, 2.05) is 25.7 Å². The molecule has 0 aromatic heterocycles. The van der Waals surface area contributed by atoms with Gasteiger partial charge in [0.05, 0.1) is 6.04 Å². The molecule has 1 saturated carbocycles. The molecule has 1 N–H and O–H groups in total. The monoisotopic (exact) mass is 240 g/mol. The highest BCUT2D eigenvalue weighted by atomic mass is 16.2. The van der Waals surface area contributed by atoms with Crippen molar-refractivity contribution in [3.05, 3.63) is 0 Å². The Morgan fingerprint density at radius 2 is 1.71 bits per heavy atom. The number of likely N-dealkylation sites (N-methyl/N-ethyl adjacent to an activating group) is 1. The molecule has 0 radical (unpaired) electrons. The summed E-state index contributed by atoms with van der Waals surface area (Å²) in [6.07, 6.45) is 7.80. The molecule has 0 aromatic rings. The zero-order valence-electron chi connectivity index (χ0n) is 11.7. The average molecular weight is 240 g/mol. The molecule has 1 atom stereocenters. The number of nitrogens with one attached hydrogen (secondary N) is 1. The van der Waals surface area contributed by atoms with E-state index in [0.717, 1.165) is 13.1 Å². The van der Waals surface area contributed by atoms with Gasteiger partial charge in [0.1, 0.15) is 0 Å². The van der Waals surface area contributed by atoms with Crippen LogP contribution in [-0.4, -0.2) is 36.0 Å². The first-order valence-corrected chi connectivity index (χ1v) is 7.23. The maximum atomic E-state index is 12.1. The zero-order valence-corrected chi connectivity index (χ0v) is 11.7. The highest BCUT2D eigenvalue weighted by molar-refractivity contribution is 5.81. The summed E-state index contributed by atoms with van der Waals surface area (Å²) in [7, 11) is 0. The van der Waals surface area contributed by atoms with Gasteiger partial charge in [0.25, 0.3) is 0 Å². The summed E-state index contributed by atoms with van der Waals surface area (Å²) < 4.78 is 0. The van der Waals surface area contributed by atoms with Gasteiger partial charge < -0.3 is 10.2 Å². The number of carbonyl (C=O) groups excluding carboxylic acids is 1. The van der Waals surface area contributed by atoms with E-state index in [1.54, 1.807) is 0 Å². The third kappa shape index (κ3) is 4.66. The van der Waals surface area contributed by atoms with E-state index < -0.39 is 0 Å². The van der Waals surface area contributed by atoms with Gasteiger partial charge in [0.15, 0.2) is 0 Å². The lowest BCUT2D eigenvalue weighted by Crippen LogP contribution is -2.48. The van der Waals surface area contributed by atoms with Crippen LogP contribution >= 0.6 is 0 Å². The fourth-order valence-corrected chi connectivity index (χ4v) is 2.68. The molecule has 0 spiro atoms. The minimum Gasteiger partial charge on any atom is -0.342 e. The van der Waals surface area contributed by atoms with E-state index in [2.05, 4.69) is 5.32 Å². The van der Waals surface area contributed by atoms with Crippen LogP contribution in [0.2, 0.25) is 0 Å². The van der Waals surface area contributed by atoms with Gasteiger partial charge in [0, 0.05) is 19.1 Å². The maximum absolute atomic E-state index is 12.1. The number of carbonyl (C=O) groups is 1. The van der Waals surface area contributed by atoms with Crippen LogP contribution in [0.3, 0.4) is 0 Å². The summed E-state index contributed by atoms with van der Waals surface area (Å²) in [6.45, 7) is 7.71. The lowest BCUT2D eigenvalue weighted by Gasteiger charge is -2.26. The Labute approximate surface area is 106 Å². The lowest BCUT2D eigenvalue weighted by molar-refractivity contribution is -0.132. The molecule has 1 amide bonds. The number of hydrogen-bond donors (Lipinski definition) is 1. The second-order valence-corrected chi connectivity index (χ2v) is 5.09. The molecule has 1 fully saturated rings. The van der Waals surface area contributed by atoms with Gasteiger partial charge in [-0.3, -0.25) is 4.79 Å². The Balaban J connectivity index is 2.40. The minimum absolute atomic E-state index is 0.0296. The van der Waals surface area contributed by atoms with Crippen LogP contribution in [0.25, 0.3) is 0 Å². The van der Waals surface area contributed by atoms with E-state index in [-0.39, 0.29) is 11.9 Å². The molecule has 1 unspecified atom stereocenters. The second kappa shape index (κ2) is 7.70. The van der Waals surface area contributed by atoms with E-state index in [4.69, 9.17) is 0 Å². The predicted molar refractivity (Wildman–Crippen MR) is 72.0 cm³/mol. The normalized spacial score (nSPS) is 19.7. The van der Waals surface area contributed by atoms with Crippen LogP contribution in [0.5, 0.6) is 0 Å². The van der Waals surface area contributed by atoms with E-state index >= 15 is 0 Å². The molecule has 17 heavy (non-hydrogen) atoms. The van der Waals surface area contributed by atoms with Crippen molar-refractivity contribution in [2.45, 2.75) is 71.4 Å². The van der Waals surface area contributed by atoms with Gasteiger partial charge in [-0.2, -0.15) is 0 Å². The fourth-order valence-electron chi connectivity index (χ4n) is 2.68. The van der Waals surface area contributed by atoms with Crippen molar-refractivity contribution in [2.75, 3.05) is 13.1 Å². The van der Waals surface area contributed by atoms with Crippen molar-refractivity contribution < 1.29 is 4.79 Å². The molecule has 0 aliphatic heterocycles. The minimum atomic E-state index is -0.0296. The summed E-state index contributed by atoms with van der Waals surface area (Å²) in [6, 6.07) is 0.519. The molecule has 3 nitrogen and oxygen atoms in total. The predicted octanol–water partition coefficient (Wildman–Crippen LogP) is 2.56. The molecule has 1 aliphatic rings. The Bertz CT molecular complexity index is 218. The molecule has 1 rings (SSSR count). The van der Waals surface area contributed by atoms with Crippen LogP contribution in [0.4, 0.5) is 0 Å². The van der Waals surface area contributed by atoms with E-state index in [1.165, 1.54) is 38.5 Å². The zero-order chi connectivity index (χ0) is 12.7. The van der Waals surface area contributed by atoms with Crippen LogP contribution in [-0.2, 0) is 4.79 Å². The fraction of sp³-hybridized carbons (Fsp3) is 0.929. The third-order valence-corrected chi connectivity index (χ3v) is 3.79. The largest absolute Gasteiger partial charge is 0.342 e. The van der Waals surface area contributed by atoms with Crippen molar-refractivity contribution in [3.63, 3.8) is 0 Å². The molecule has 0 aromatic carbocycles. The summed E-state index contributed by atoms with van der Waals surface area (Å²) in [5.74, 6) is 0.249. The summed E-state index contributed by atoms with van der Waals surface area (Å²) in [5, 5.41) is 3.52. The number of nitrogens with zero attached hydrogens (tertiary/aromatic N) is 1. The second-order valence-electron chi connectivity index (χ2n) is 5.09. The topological polar surface area (TPSA) is 32.3 Å². The molecule has 3 heteroatoms. The van der Waals surface area contributed by atoms with Crippen LogP contribution < -0.4 is 5.32 Å². The SMILES string of the molecule is CCN(CC)C(=O)C(C)NC1CCCCCC1. The van der Waals surface area contributed by atoms with Gasteiger partial charge in [-0.15, -0.1) is 0 Å². The smallest absolute Gasteiger partial charge is 0.239 e. The quantitative estimate of drug-likeness (QED) is 0.749. The average Bonchev–Trinajstić information content (AvgIpc) is 2.59. The molecule has 100 valence electrons. The lowest BCUT2D eigenvalue weighted by atomic mass is 10.1. The molecule has 0 saturated heterocycles. The molecular weight excluding hydrogens is 212 g/mol. The summed E-state index contributed by atoms with van der Waals surface area (Å²) >= 11 is 0. The van der Waals surface area contributed by atoms with Gasteiger partial charge in [-0.1, -0.05) is 25.7 Å². The summed E-state index contributed by atoms with van der Waals surface area (Å²) in [5.41, 5.74) is 0. The molecule has 0 heterocycles. The molecular formula is C14H28N2O. The Morgan fingerprint density at radius 1 is 1.18 bits per heavy atom. The highest BCUT2D eigenvalue weighted by Gasteiger charge is 2.21. The first kappa shape index (κ1) is 14.5. The first-order valence-electron chi connectivity index (χ1n) is 7.23. The number of rotatable bonds is 5. The van der Waals surface area contributed by atoms with E-state index in [9.17, 15) is 4.79 Å². The van der Waals surface area contributed by atoms with Gasteiger partial charge in [-0.25, -0.2) is 0 Å². The Morgan fingerprint density at radius 3 is 2.18 bits per heavy atom. The Kier molecular flexibility index (Phi) is 6.56. The highest BCUT2D eigenvalue weighted by Crippen LogP contribution is 2.17. The van der Waals surface area contributed by atoms with Gasteiger partial charge >= 0.3 is 0 Å². The van der Waals surface area contributed by atoms with E-state index in [0.29, 0.717) is 6.04 Å². The van der Waals surface area contributed by atoms with Crippen LogP contribution in [0, 0.1) is 0 Å². The Hall–Kier alpha value is -0.570. The van der Waals surface area contributed by atoms with Crippen molar-refractivity contribution in [1.29, 1.82) is 0 Å². The van der Waals surface area contributed by atoms with Crippen molar-refractivity contribution >= 4 is 5.91 Å². The summed E-state index contributed by atoms with van der Waals surface area (Å²) in [4.78, 5) is 14.0. The van der Waals surface area contributed by atoms with Crippen molar-refractivity contribution in [2.24, 2.45) is 0 Å². The third-order valence-electron chi connectivity index (χ3n) is 3.79.